The van der Waals surface area contributed by atoms with Gasteiger partial charge in [-0.1, -0.05) is 54.4 Å². The summed E-state index contributed by atoms with van der Waals surface area (Å²) in [5.41, 5.74) is 6.76. The van der Waals surface area contributed by atoms with E-state index in [1.54, 1.807) is 9.42 Å². The number of unbranched alkanes of at least 4 members (excludes halogenated alkanes) is 3. The molecular formula is C35H40ClN9O2. The van der Waals surface area contributed by atoms with E-state index in [9.17, 15) is 4.79 Å². The molecule has 0 N–H and O–H groups in total. The number of hydrogen-bond acceptors (Lipinski definition) is 8. The molecule has 7 rings (SSSR count). The number of nitrogens with zero attached hydrogens (tertiary/aromatic N) is 9. The topological polar surface area (TPSA) is 99.1 Å². The van der Waals surface area contributed by atoms with E-state index in [4.69, 9.17) is 16.1 Å². The molecule has 2 aliphatic rings. The number of aryl methyl sites for hydroxylation is 2. The third-order valence-corrected chi connectivity index (χ3v) is 9.73. The maximum absolute atomic E-state index is 13.8. The second-order valence-corrected chi connectivity index (χ2v) is 12.8. The van der Waals surface area contributed by atoms with Gasteiger partial charge in [-0.3, -0.25) is 9.80 Å². The fourth-order valence-electron chi connectivity index (χ4n) is 7.02. The number of piperazine rings is 1. The summed E-state index contributed by atoms with van der Waals surface area (Å²) in [5, 5.41) is 17.0. The number of hydrogen-bond donors (Lipinski definition) is 0. The number of carbonyl (C=O) groups excluding carboxylic acids is 1. The number of carbonyl (C=O) groups is 1. The first-order chi connectivity index (χ1) is 22.9. The number of fused-ring (bicyclic) bond motifs is 2. The zero-order chi connectivity index (χ0) is 32.5. The summed E-state index contributed by atoms with van der Waals surface area (Å²) in [4.78, 5) is 22.5. The molecule has 0 saturated carbocycles. The van der Waals surface area contributed by atoms with Crippen LogP contribution in [-0.2, 0) is 0 Å². The molecule has 1 atom stereocenters. The van der Waals surface area contributed by atoms with Crippen LogP contribution in [0.5, 0.6) is 0 Å². The van der Waals surface area contributed by atoms with Gasteiger partial charge in [-0.25, -0.2) is 4.79 Å². The lowest BCUT2D eigenvalue weighted by molar-refractivity contribution is 0.186. The number of anilines is 2. The first-order valence-corrected chi connectivity index (χ1v) is 16.8. The average molecular weight is 654 g/mol. The van der Waals surface area contributed by atoms with Crippen LogP contribution in [0.15, 0.2) is 65.2 Å². The van der Waals surface area contributed by atoms with Crippen LogP contribution in [0.1, 0.15) is 54.3 Å². The van der Waals surface area contributed by atoms with E-state index < -0.39 is 0 Å². The van der Waals surface area contributed by atoms with Crippen molar-refractivity contribution in [1.82, 2.24) is 34.8 Å². The zero-order valence-corrected chi connectivity index (χ0v) is 27.9. The Labute approximate surface area is 279 Å². The Balaban J connectivity index is 0.958. The minimum Gasteiger partial charge on any atom is -0.361 e. The fourth-order valence-corrected chi connectivity index (χ4v) is 7.18. The number of amides is 2. The molecule has 1 unspecified atom stereocenters. The quantitative estimate of drug-likeness (QED) is 0.160. The molecule has 1 saturated heterocycles. The van der Waals surface area contributed by atoms with Crippen LogP contribution in [0.3, 0.4) is 0 Å². The average Bonchev–Trinajstić information content (AvgIpc) is 3.64. The van der Waals surface area contributed by atoms with Crippen molar-refractivity contribution in [2.45, 2.75) is 45.6 Å². The second kappa shape index (κ2) is 13.3. The van der Waals surface area contributed by atoms with Gasteiger partial charge < -0.3 is 14.3 Å². The lowest BCUT2D eigenvalue weighted by Crippen LogP contribution is -2.48. The highest BCUT2D eigenvalue weighted by Crippen LogP contribution is 2.43. The van der Waals surface area contributed by atoms with Crippen molar-refractivity contribution in [3.05, 3.63) is 88.5 Å². The minimum atomic E-state index is -0.164. The lowest BCUT2D eigenvalue weighted by atomic mass is 9.90. The molecule has 5 aromatic rings. The monoisotopic (exact) mass is 653 g/mol. The van der Waals surface area contributed by atoms with Crippen LogP contribution in [0.4, 0.5) is 16.3 Å². The molecule has 0 radical (unpaired) electrons. The summed E-state index contributed by atoms with van der Waals surface area (Å²) in [6.45, 7) is 9.53. The number of benzene rings is 2. The van der Waals surface area contributed by atoms with E-state index in [0.717, 1.165) is 104 Å². The van der Waals surface area contributed by atoms with Crippen molar-refractivity contribution < 1.29 is 9.32 Å². The first kappa shape index (κ1) is 31.1. The van der Waals surface area contributed by atoms with Gasteiger partial charge in [0.15, 0.2) is 5.65 Å². The highest BCUT2D eigenvalue weighted by Gasteiger charge is 2.37. The van der Waals surface area contributed by atoms with Gasteiger partial charge in [0.05, 0.1) is 17.4 Å². The van der Waals surface area contributed by atoms with E-state index in [1.807, 2.05) is 44.0 Å². The summed E-state index contributed by atoms with van der Waals surface area (Å²) in [7, 11) is 1.88. The Kier molecular flexibility index (Phi) is 8.83. The Bertz CT molecular complexity index is 1850. The van der Waals surface area contributed by atoms with Gasteiger partial charge in [0.25, 0.3) is 0 Å². The van der Waals surface area contributed by atoms with Crippen molar-refractivity contribution in [3.63, 3.8) is 0 Å². The molecule has 2 aromatic carbocycles. The highest BCUT2D eigenvalue weighted by atomic mass is 35.5. The van der Waals surface area contributed by atoms with E-state index in [1.165, 1.54) is 0 Å². The van der Waals surface area contributed by atoms with Crippen LogP contribution >= 0.6 is 11.6 Å². The maximum Gasteiger partial charge on any atom is 0.325 e. The van der Waals surface area contributed by atoms with E-state index in [2.05, 4.69) is 72.7 Å². The van der Waals surface area contributed by atoms with Crippen molar-refractivity contribution in [3.8, 4) is 11.1 Å². The Morgan fingerprint density at radius 1 is 0.894 bits per heavy atom. The Morgan fingerprint density at radius 2 is 1.66 bits per heavy atom. The molecule has 244 valence electrons. The largest absolute Gasteiger partial charge is 0.361 e. The van der Waals surface area contributed by atoms with E-state index >= 15 is 0 Å². The summed E-state index contributed by atoms with van der Waals surface area (Å²) in [6.07, 6.45) is 4.30. The van der Waals surface area contributed by atoms with Crippen molar-refractivity contribution in [1.29, 1.82) is 0 Å². The minimum absolute atomic E-state index is 0.0366. The summed E-state index contributed by atoms with van der Waals surface area (Å²) in [6, 6.07) is 20.5. The fraction of sp³-hybridized carbons (Fsp3) is 0.400. The van der Waals surface area contributed by atoms with Crippen LogP contribution in [-0.4, -0.2) is 87.1 Å². The van der Waals surface area contributed by atoms with Crippen molar-refractivity contribution in [2.75, 3.05) is 56.1 Å². The van der Waals surface area contributed by atoms with Crippen molar-refractivity contribution in [2.24, 2.45) is 0 Å². The molecule has 47 heavy (non-hydrogen) atoms. The number of aromatic nitrogens is 5. The summed E-state index contributed by atoms with van der Waals surface area (Å²) < 4.78 is 7.07. The highest BCUT2D eigenvalue weighted by molar-refractivity contribution is 6.28. The Morgan fingerprint density at radius 3 is 2.40 bits per heavy atom. The SMILES string of the molecule is Cc1noc(C)c1-c1ccc2c(c1)C(c1ccccc1)N(CCCCCCN1CCN(c3ccc4nnc(Cl)n4n3)CC1)C(=O)N2C. The van der Waals surface area contributed by atoms with Gasteiger partial charge in [-0.15, -0.1) is 15.3 Å². The van der Waals surface area contributed by atoms with Crippen LogP contribution < -0.4 is 9.80 Å². The molecule has 0 aliphatic carbocycles. The van der Waals surface area contributed by atoms with Crippen LogP contribution in [0.25, 0.3) is 16.8 Å². The molecule has 0 bridgehead atoms. The molecule has 1 fully saturated rings. The third-order valence-electron chi connectivity index (χ3n) is 9.50. The van der Waals surface area contributed by atoms with Gasteiger partial charge in [-0.2, -0.15) is 4.52 Å². The van der Waals surface area contributed by atoms with Crippen LogP contribution in [0.2, 0.25) is 5.28 Å². The predicted molar refractivity (Wildman–Crippen MR) is 183 cm³/mol. The molecule has 5 heterocycles. The normalized spacial score (nSPS) is 17.1. The molecule has 0 spiro atoms. The zero-order valence-electron chi connectivity index (χ0n) is 27.1. The van der Waals surface area contributed by atoms with E-state index in [0.29, 0.717) is 12.2 Å². The van der Waals surface area contributed by atoms with Gasteiger partial charge in [0, 0.05) is 50.9 Å². The smallest absolute Gasteiger partial charge is 0.325 e. The van der Waals surface area contributed by atoms with Gasteiger partial charge in [0.1, 0.15) is 11.6 Å². The maximum atomic E-state index is 13.8. The lowest BCUT2D eigenvalue weighted by Gasteiger charge is -2.42. The number of rotatable bonds is 10. The Hall–Kier alpha value is -4.48. The van der Waals surface area contributed by atoms with Crippen LogP contribution in [0, 0.1) is 13.8 Å². The molecule has 12 heteroatoms. The molecule has 3 aromatic heterocycles. The predicted octanol–water partition coefficient (Wildman–Crippen LogP) is 6.39. The molecule has 11 nitrogen and oxygen atoms in total. The second-order valence-electron chi connectivity index (χ2n) is 12.5. The molecule has 2 aliphatic heterocycles. The van der Waals surface area contributed by atoms with Gasteiger partial charge in [0.2, 0.25) is 5.28 Å². The standard InChI is InChI=1S/C35H40ClN9O2/c1-24-32(25(2)47-40-24)27-13-14-29-28(23-27)33(26-11-7-6-8-12-26)44(35(46)41(29)3)18-10-5-4-9-17-42-19-21-43(22-20-42)31-16-15-30-37-38-34(36)45(30)39-31/h6-8,11-16,23,33H,4-5,9-10,17-22H2,1-3H3. The summed E-state index contributed by atoms with van der Waals surface area (Å²) in [5.74, 6) is 1.69. The molecule has 2 amide bonds. The number of urea groups is 1. The van der Waals surface area contributed by atoms with Gasteiger partial charge in [-0.05, 0) is 80.2 Å². The first-order valence-electron chi connectivity index (χ1n) is 16.4. The molecular weight excluding hydrogens is 614 g/mol. The number of halogens is 1. The van der Waals surface area contributed by atoms with E-state index in [-0.39, 0.29) is 17.4 Å². The third kappa shape index (κ3) is 6.17. The van der Waals surface area contributed by atoms with Crippen molar-refractivity contribution >= 4 is 34.8 Å². The summed E-state index contributed by atoms with van der Waals surface area (Å²) >= 11 is 6.12. The van der Waals surface area contributed by atoms with Gasteiger partial charge >= 0.3 is 6.03 Å².